The lowest BCUT2D eigenvalue weighted by molar-refractivity contribution is -0.119. The number of ether oxygens (including phenoxy) is 3. The van der Waals surface area contributed by atoms with Crippen LogP contribution in [0, 0.1) is 6.92 Å². The molecule has 0 saturated heterocycles. The summed E-state index contributed by atoms with van der Waals surface area (Å²) in [6, 6.07) is 18.5. The molecule has 1 aliphatic carbocycles. The van der Waals surface area contributed by atoms with E-state index in [4.69, 9.17) is 30.8 Å². The first kappa shape index (κ1) is 27.2. The number of pyridine rings is 1. The number of nitrogens with one attached hydrogen (secondary N) is 1. The molecule has 1 heterocycles. The Bertz CT molecular complexity index is 1650. The maximum atomic E-state index is 13.5. The van der Waals surface area contributed by atoms with Crippen molar-refractivity contribution in [3.05, 3.63) is 93.6 Å². The van der Waals surface area contributed by atoms with E-state index in [0.717, 1.165) is 40.8 Å². The molecule has 0 fully saturated rings. The van der Waals surface area contributed by atoms with Gasteiger partial charge >= 0.3 is 5.97 Å². The van der Waals surface area contributed by atoms with Crippen LogP contribution in [-0.2, 0) is 16.0 Å². The van der Waals surface area contributed by atoms with Crippen molar-refractivity contribution in [3.8, 4) is 11.5 Å². The van der Waals surface area contributed by atoms with Gasteiger partial charge in [-0.25, -0.2) is 9.78 Å². The lowest BCUT2D eigenvalue weighted by Crippen LogP contribution is -2.23. The fourth-order valence-electron chi connectivity index (χ4n) is 4.98. The number of benzene rings is 3. The van der Waals surface area contributed by atoms with Crippen molar-refractivity contribution in [2.45, 2.75) is 26.2 Å². The zero-order valence-corrected chi connectivity index (χ0v) is 23.3. The molecule has 1 aliphatic rings. The van der Waals surface area contributed by atoms with Crippen molar-refractivity contribution in [3.63, 3.8) is 0 Å². The SMILES string of the molecule is COc1ccc(/C=C2/CCCc3c2nc2ccccc2c3C(=O)OCC(=O)Nc2cccc(Cl)c2C)cc1OC. The number of methoxy groups -OCH3 is 2. The van der Waals surface area contributed by atoms with Gasteiger partial charge in [-0.15, -0.1) is 0 Å². The van der Waals surface area contributed by atoms with E-state index in [9.17, 15) is 9.59 Å². The maximum absolute atomic E-state index is 13.5. The van der Waals surface area contributed by atoms with Crippen LogP contribution in [0.25, 0.3) is 22.6 Å². The van der Waals surface area contributed by atoms with E-state index in [2.05, 4.69) is 11.4 Å². The molecule has 4 aromatic rings. The van der Waals surface area contributed by atoms with E-state index in [1.165, 1.54) is 0 Å². The molecule has 8 heteroatoms. The molecular formula is C32H29ClN2O5. The van der Waals surface area contributed by atoms with Crippen molar-refractivity contribution < 1.29 is 23.8 Å². The predicted octanol–water partition coefficient (Wildman–Crippen LogP) is 6.89. The van der Waals surface area contributed by atoms with Crippen LogP contribution < -0.4 is 14.8 Å². The quantitative estimate of drug-likeness (QED) is 0.249. The van der Waals surface area contributed by atoms with Crippen LogP contribution >= 0.6 is 11.6 Å². The zero-order valence-electron chi connectivity index (χ0n) is 22.5. The Balaban J connectivity index is 1.47. The number of aromatic nitrogens is 1. The van der Waals surface area contributed by atoms with Crippen molar-refractivity contribution >= 4 is 51.7 Å². The van der Waals surface area contributed by atoms with Crippen LogP contribution in [-0.4, -0.2) is 37.7 Å². The molecule has 0 bridgehead atoms. The normalized spacial score (nSPS) is 13.6. The lowest BCUT2D eigenvalue weighted by Gasteiger charge is -2.22. The number of carbonyl (C=O) groups is 2. The Hall–Kier alpha value is -4.36. The number of hydrogen-bond acceptors (Lipinski definition) is 6. The number of carbonyl (C=O) groups excluding carboxylic acids is 2. The molecule has 3 aromatic carbocycles. The van der Waals surface area contributed by atoms with Gasteiger partial charge in [0.05, 0.1) is 31.0 Å². The highest BCUT2D eigenvalue weighted by Gasteiger charge is 2.26. The summed E-state index contributed by atoms with van der Waals surface area (Å²) in [5, 5.41) is 4.01. The lowest BCUT2D eigenvalue weighted by atomic mass is 9.86. The van der Waals surface area contributed by atoms with E-state index in [-0.39, 0.29) is 0 Å². The second kappa shape index (κ2) is 11.8. The number of allylic oxidation sites excluding steroid dienone is 1. The Labute approximate surface area is 237 Å². The fourth-order valence-corrected chi connectivity index (χ4v) is 5.16. The van der Waals surface area contributed by atoms with Crippen LogP contribution in [0.1, 0.15) is 45.6 Å². The average Bonchev–Trinajstić information content (AvgIpc) is 2.97. The number of anilines is 1. The standard InChI is InChI=1S/C32H29ClN2O5/c1-19-24(33)11-7-13-25(19)34-29(36)18-40-32(37)30-22-9-4-5-12-26(22)35-31-21(8-6-10-23(30)31)16-20-14-15-27(38-2)28(17-20)39-3/h4-5,7,9,11-17H,6,8,10,18H2,1-3H3,(H,34,36)/b21-16-. The maximum Gasteiger partial charge on any atom is 0.339 e. The molecule has 0 saturated carbocycles. The third kappa shape index (κ3) is 5.51. The van der Waals surface area contributed by atoms with Gasteiger partial charge in [0.2, 0.25) is 0 Å². The first-order valence-electron chi connectivity index (χ1n) is 13.0. The van der Waals surface area contributed by atoms with E-state index in [1.54, 1.807) is 32.4 Å². The van der Waals surface area contributed by atoms with Crippen LogP contribution in [0.15, 0.2) is 60.7 Å². The van der Waals surface area contributed by atoms with Gasteiger partial charge < -0.3 is 19.5 Å². The van der Waals surface area contributed by atoms with Crippen molar-refractivity contribution in [2.24, 2.45) is 0 Å². The molecule has 0 unspecified atom stereocenters. The molecule has 5 rings (SSSR count). The Morgan fingerprint density at radius 2 is 1.80 bits per heavy atom. The van der Waals surface area contributed by atoms with Crippen molar-refractivity contribution in [1.29, 1.82) is 0 Å². The van der Waals surface area contributed by atoms with Gasteiger partial charge in [-0.2, -0.15) is 0 Å². The minimum atomic E-state index is -0.555. The number of para-hydroxylation sites is 1. The third-order valence-corrected chi connectivity index (χ3v) is 7.41. The highest BCUT2D eigenvalue weighted by Crippen LogP contribution is 2.37. The molecule has 0 spiro atoms. The van der Waals surface area contributed by atoms with Gasteiger partial charge in [0.15, 0.2) is 18.1 Å². The Morgan fingerprint density at radius 1 is 1.00 bits per heavy atom. The first-order valence-corrected chi connectivity index (χ1v) is 13.3. The van der Waals surface area contributed by atoms with Crippen molar-refractivity contribution in [1.82, 2.24) is 4.98 Å². The summed E-state index contributed by atoms with van der Waals surface area (Å²) in [6.07, 6.45) is 4.40. The minimum absolute atomic E-state index is 0.426. The zero-order chi connectivity index (χ0) is 28.2. The summed E-state index contributed by atoms with van der Waals surface area (Å²) in [6.45, 7) is 1.39. The monoisotopic (exact) mass is 556 g/mol. The Kier molecular flexibility index (Phi) is 8.03. The summed E-state index contributed by atoms with van der Waals surface area (Å²) in [5.74, 6) is 0.285. The molecule has 1 aromatic heterocycles. The number of rotatable bonds is 7. The fraction of sp³-hybridized carbons (Fsp3) is 0.219. The Morgan fingerprint density at radius 3 is 2.60 bits per heavy atom. The molecule has 1 N–H and O–H groups in total. The molecule has 204 valence electrons. The second-order valence-electron chi connectivity index (χ2n) is 9.51. The largest absolute Gasteiger partial charge is 0.493 e. The second-order valence-corrected chi connectivity index (χ2v) is 9.91. The summed E-state index contributed by atoms with van der Waals surface area (Å²) in [4.78, 5) is 31.1. The molecule has 0 atom stereocenters. The average molecular weight is 557 g/mol. The molecule has 0 radical (unpaired) electrons. The van der Waals surface area contributed by atoms with Gasteiger partial charge in [0.1, 0.15) is 0 Å². The highest BCUT2D eigenvalue weighted by molar-refractivity contribution is 6.31. The highest BCUT2D eigenvalue weighted by atomic mass is 35.5. The summed E-state index contributed by atoms with van der Waals surface area (Å²) in [7, 11) is 3.21. The molecule has 1 amide bonds. The van der Waals surface area contributed by atoms with Crippen LogP contribution in [0.3, 0.4) is 0 Å². The van der Waals surface area contributed by atoms with E-state index < -0.39 is 18.5 Å². The molecule has 40 heavy (non-hydrogen) atoms. The minimum Gasteiger partial charge on any atom is -0.493 e. The summed E-state index contributed by atoms with van der Waals surface area (Å²) >= 11 is 6.16. The third-order valence-electron chi connectivity index (χ3n) is 7.00. The van der Waals surface area contributed by atoms with E-state index in [0.29, 0.717) is 45.1 Å². The summed E-state index contributed by atoms with van der Waals surface area (Å²) in [5.41, 5.74) is 6.00. The van der Waals surface area contributed by atoms with E-state index in [1.807, 2.05) is 49.4 Å². The van der Waals surface area contributed by atoms with E-state index >= 15 is 0 Å². The van der Waals surface area contributed by atoms with Crippen molar-refractivity contribution in [2.75, 3.05) is 26.1 Å². The first-order chi connectivity index (χ1) is 19.4. The number of halogens is 1. The van der Waals surface area contributed by atoms with Crippen LogP contribution in [0.5, 0.6) is 11.5 Å². The smallest absolute Gasteiger partial charge is 0.339 e. The van der Waals surface area contributed by atoms with Gasteiger partial charge in [0.25, 0.3) is 5.91 Å². The van der Waals surface area contributed by atoms with Crippen LogP contribution in [0.2, 0.25) is 5.02 Å². The molecule has 0 aliphatic heterocycles. The van der Waals surface area contributed by atoms with Gasteiger partial charge in [-0.1, -0.05) is 41.9 Å². The van der Waals surface area contributed by atoms with Gasteiger partial charge in [-0.05, 0) is 84.9 Å². The van der Waals surface area contributed by atoms with Gasteiger partial charge in [-0.3, -0.25) is 4.79 Å². The summed E-state index contributed by atoms with van der Waals surface area (Å²) < 4.78 is 16.4. The number of hydrogen-bond donors (Lipinski definition) is 1. The predicted molar refractivity (Wildman–Crippen MR) is 157 cm³/mol. The molecular weight excluding hydrogens is 528 g/mol. The number of fused-ring (bicyclic) bond motifs is 2. The van der Waals surface area contributed by atoms with Crippen LogP contribution in [0.4, 0.5) is 5.69 Å². The number of nitrogens with zero attached hydrogens (tertiary/aromatic N) is 1. The molecule has 7 nitrogen and oxygen atoms in total. The number of amides is 1. The number of esters is 1. The topological polar surface area (TPSA) is 86.8 Å². The van der Waals surface area contributed by atoms with Gasteiger partial charge in [0, 0.05) is 16.1 Å².